The summed E-state index contributed by atoms with van der Waals surface area (Å²) in [6, 6.07) is 14.5. The summed E-state index contributed by atoms with van der Waals surface area (Å²) >= 11 is 6.28. The summed E-state index contributed by atoms with van der Waals surface area (Å²) in [5, 5.41) is 8.17. The Bertz CT molecular complexity index is 1760. The van der Waals surface area contributed by atoms with Gasteiger partial charge >= 0.3 is 5.69 Å². The standard InChI is InChI=1S/C23H23ClN10O2/c1-32-18-20(29-22(32)28-13-8-6-12(7-9-13)19(30-25)31-26)33(2)23(36)34(21(18)35)11-14-10-15-16(24)4-3-5-17(15)27-14/h3-10,27H,11,25-26H2,1-2H3,(H,28,29)(H,30,31). The number of rotatable bonds is 5. The van der Waals surface area contributed by atoms with E-state index in [9.17, 15) is 9.59 Å². The summed E-state index contributed by atoms with van der Waals surface area (Å²) in [6.45, 7) is 0.0576. The molecule has 12 nitrogen and oxygen atoms in total. The van der Waals surface area contributed by atoms with Gasteiger partial charge in [-0.15, -0.1) is 0 Å². The molecule has 3 aromatic heterocycles. The minimum Gasteiger partial charge on any atom is -0.357 e. The lowest BCUT2D eigenvalue weighted by atomic mass is 10.2. The number of aromatic amines is 1. The van der Waals surface area contributed by atoms with Crippen LogP contribution in [-0.4, -0.2) is 29.5 Å². The van der Waals surface area contributed by atoms with Crippen LogP contribution in [0.2, 0.25) is 5.02 Å². The lowest BCUT2D eigenvalue weighted by molar-refractivity contribution is 0.648. The van der Waals surface area contributed by atoms with Gasteiger partial charge in [-0.25, -0.2) is 10.6 Å². The van der Waals surface area contributed by atoms with E-state index in [4.69, 9.17) is 23.3 Å². The molecule has 0 saturated heterocycles. The third kappa shape index (κ3) is 3.78. The summed E-state index contributed by atoms with van der Waals surface area (Å²) in [5.74, 6) is 11.5. The van der Waals surface area contributed by atoms with Gasteiger partial charge in [0.05, 0.1) is 6.54 Å². The van der Waals surface area contributed by atoms with Gasteiger partial charge in [0.1, 0.15) is 0 Å². The molecule has 0 saturated carbocycles. The molecule has 0 fully saturated rings. The molecule has 0 bridgehead atoms. The number of hydrogen-bond donors (Lipinski definition) is 5. The van der Waals surface area contributed by atoms with Gasteiger partial charge in [-0.1, -0.05) is 17.7 Å². The quantitative estimate of drug-likeness (QED) is 0.104. The molecule has 0 spiro atoms. The van der Waals surface area contributed by atoms with Crippen LogP contribution in [0.4, 0.5) is 11.6 Å². The van der Waals surface area contributed by atoms with Gasteiger partial charge in [-0.2, -0.15) is 10.1 Å². The van der Waals surface area contributed by atoms with Crippen LogP contribution < -0.4 is 33.7 Å². The molecule has 0 amide bonds. The molecule has 184 valence electrons. The fourth-order valence-electron chi connectivity index (χ4n) is 4.16. The molecular weight excluding hydrogens is 484 g/mol. The van der Waals surface area contributed by atoms with Crippen molar-refractivity contribution >= 4 is 51.1 Å². The fourth-order valence-corrected chi connectivity index (χ4v) is 4.39. The number of H-pyrrole nitrogens is 1. The Morgan fingerprint density at radius 2 is 1.89 bits per heavy atom. The number of aryl methyl sites for hydroxylation is 2. The van der Waals surface area contributed by atoms with Crippen molar-refractivity contribution in [3.05, 3.63) is 85.6 Å². The molecule has 2 aromatic carbocycles. The van der Waals surface area contributed by atoms with Crippen LogP contribution >= 0.6 is 11.6 Å². The zero-order valence-corrected chi connectivity index (χ0v) is 20.2. The highest BCUT2D eigenvalue weighted by atomic mass is 35.5. The maximum absolute atomic E-state index is 13.4. The monoisotopic (exact) mass is 506 g/mol. The zero-order chi connectivity index (χ0) is 25.6. The first kappa shape index (κ1) is 23.2. The van der Waals surface area contributed by atoms with Gasteiger partial charge in [0, 0.05) is 47.0 Å². The van der Waals surface area contributed by atoms with Crippen molar-refractivity contribution in [2.45, 2.75) is 6.54 Å². The van der Waals surface area contributed by atoms with Crippen LogP contribution in [0.1, 0.15) is 11.3 Å². The molecule has 7 N–H and O–H groups in total. The average Bonchev–Trinajstić information content (AvgIpc) is 3.44. The van der Waals surface area contributed by atoms with Crippen LogP contribution in [0, 0.1) is 0 Å². The number of halogens is 1. The Hall–Kier alpha value is -4.55. The summed E-state index contributed by atoms with van der Waals surface area (Å²) in [5.41, 5.74) is 4.96. The number of anilines is 2. The van der Waals surface area contributed by atoms with E-state index in [0.29, 0.717) is 33.8 Å². The lowest BCUT2D eigenvalue weighted by Crippen LogP contribution is -2.39. The third-order valence-electron chi connectivity index (χ3n) is 6.04. The molecule has 0 aliphatic heterocycles. The normalized spacial score (nSPS) is 11.9. The van der Waals surface area contributed by atoms with E-state index in [-0.39, 0.29) is 17.7 Å². The van der Waals surface area contributed by atoms with Crippen LogP contribution in [0.25, 0.3) is 22.1 Å². The number of nitrogens with zero attached hydrogens (tertiary/aromatic N) is 5. The van der Waals surface area contributed by atoms with Gasteiger partial charge < -0.3 is 26.1 Å². The Labute approximate surface area is 208 Å². The number of benzene rings is 2. The Kier molecular flexibility index (Phi) is 5.74. The number of nitrogens with two attached hydrogens (primary N) is 2. The highest BCUT2D eigenvalue weighted by Crippen LogP contribution is 2.24. The van der Waals surface area contributed by atoms with Crippen LogP contribution in [0.5, 0.6) is 0 Å². The predicted octanol–water partition coefficient (Wildman–Crippen LogP) is 1.44. The predicted molar refractivity (Wildman–Crippen MR) is 140 cm³/mol. The largest absolute Gasteiger partial charge is 0.357 e. The van der Waals surface area contributed by atoms with Crippen molar-refractivity contribution in [1.82, 2.24) is 29.1 Å². The number of hydrogen-bond acceptors (Lipinski definition) is 7. The van der Waals surface area contributed by atoms with Gasteiger partial charge in [0.25, 0.3) is 5.56 Å². The van der Waals surface area contributed by atoms with Gasteiger partial charge in [0.2, 0.25) is 5.95 Å². The molecule has 36 heavy (non-hydrogen) atoms. The SMILES string of the molecule is Cn1c(Nc2ccc(/C(=N/N)NN)cc2)nc2c1c(=O)n(Cc1cc3c(Cl)cccc3[nH]1)c(=O)n2C. The first-order chi connectivity index (χ1) is 17.3. The van der Waals surface area contributed by atoms with Crippen molar-refractivity contribution in [2.24, 2.45) is 30.9 Å². The van der Waals surface area contributed by atoms with E-state index >= 15 is 0 Å². The van der Waals surface area contributed by atoms with Crippen LogP contribution in [0.15, 0.2) is 63.2 Å². The number of nitrogens with one attached hydrogen (secondary N) is 3. The molecule has 5 aromatic rings. The minimum absolute atomic E-state index is 0.0576. The molecule has 0 atom stereocenters. The lowest BCUT2D eigenvalue weighted by Gasteiger charge is -2.09. The van der Waals surface area contributed by atoms with Crippen molar-refractivity contribution in [1.29, 1.82) is 0 Å². The second kappa shape index (κ2) is 8.91. The van der Waals surface area contributed by atoms with Gasteiger partial charge in [-0.05, 0) is 42.5 Å². The minimum atomic E-state index is -0.478. The number of amidine groups is 1. The number of fused-ring (bicyclic) bond motifs is 2. The number of aromatic nitrogens is 5. The van der Waals surface area contributed by atoms with Crippen LogP contribution in [0.3, 0.4) is 0 Å². The average molecular weight is 507 g/mol. The van der Waals surface area contributed by atoms with Crippen molar-refractivity contribution in [3.8, 4) is 0 Å². The summed E-state index contributed by atoms with van der Waals surface area (Å²) in [6.07, 6.45) is 0. The first-order valence-corrected chi connectivity index (χ1v) is 11.2. The summed E-state index contributed by atoms with van der Waals surface area (Å²) in [7, 11) is 3.30. The smallest absolute Gasteiger partial charge is 0.332 e. The van der Waals surface area contributed by atoms with E-state index in [0.717, 1.165) is 10.9 Å². The van der Waals surface area contributed by atoms with E-state index in [1.54, 1.807) is 49.0 Å². The second-order valence-electron chi connectivity index (χ2n) is 8.22. The molecule has 13 heteroatoms. The number of imidazole rings is 1. The molecule has 5 rings (SSSR count). The second-order valence-corrected chi connectivity index (χ2v) is 8.63. The highest BCUT2D eigenvalue weighted by Gasteiger charge is 2.19. The molecule has 0 unspecified atom stereocenters. The third-order valence-corrected chi connectivity index (χ3v) is 6.37. The van der Waals surface area contributed by atoms with E-state index in [1.807, 2.05) is 18.2 Å². The Morgan fingerprint density at radius 1 is 1.14 bits per heavy atom. The number of hydrazone groups is 1. The highest BCUT2D eigenvalue weighted by molar-refractivity contribution is 6.35. The van der Waals surface area contributed by atoms with E-state index < -0.39 is 11.2 Å². The van der Waals surface area contributed by atoms with Crippen molar-refractivity contribution in [3.63, 3.8) is 0 Å². The maximum Gasteiger partial charge on any atom is 0.332 e. The zero-order valence-electron chi connectivity index (χ0n) is 19.4. The first-order valence-electron chi connectivity index (χ1n) is 10.9. The molecule has 3 heterocycles. The summed E-state index contributed by atoms with van der Waals surface area (Å²) < 4.78 is 4.16. The van der Waals surface area contributed by atoms with E-state index in [2.05, 4.69) is 25.8 Å². The Morgan fingerprint density at radius 3 is 2.56 bits per heavy atom. The molecular formula is C23H23ClN10O2. The van der Waals surface area contributed by atoms with Gasteiger partial charge in [-0.3, -0.25) is 13.9 Å². The fraction of sp³-hybridized carbons (Fsp3) is 0.130. The van der Waals surface area contributed by atoms with E-state index in [1.165, 1.54) is 9.13 Å². The Balaban J connectivity index is 1.53. The van der Waals surface area contributed by atoms with Crippen molar-refractivity contribution < 1.29 is 0 Å². The number of hydrazine groups is 1. The molecule has 0 aliphatic carbocycles. The topological polar surface area (TPSA) is 166 Å². The van der Waals surface area contributed by atoms with Crippen molar-refractivity contribution in [2.75, 3.05) is 5.32 Å². The van der Waals surface area contributed by atoms with Gasteiger partial charge in [0.15, 0.2) is 17.0 Å². The molecule has 0 radical (unpaired) electrons. The summed E-state index contributed by atoms with van der Waals surface area (Å²) in [4.78, 5) is 34.3. The maximum atomic E-state index is 13.4. The van der Waals surface area contributed by atoms with Crippen LogP contribution in [-0.2, 0) is 20.6 Å². The molecule has 0 aliphatic rings.